The van der Waals surface area contributed by atoms with Crippen LogP contribution in [0.1, 0.15) is 44.1 Å². The van der Waals surface area contributed by atoms with Gasteiger partial charge in [0, 0.05) is 23.7 Å². The maximum Gasteiger partial charge on any atom is 0.419 e. The number of fused-ring (bicyclic) bond motifs is 1. The summed E-state index contributed by atoms with van der Waals surface area (Å²) in [6.45, 7) is 8.75. The van der Waals surface area contributed by atoms with E-state index in [1.807, 2.05) is 51.1 Å². The molecule has 0 fully saturated rings. The van der Waals surface area contributed by atoms with E-state index in [1.165, 1.54) is 6.07 Å². The zero-order valence-electron chi connectivity index (χ0n) is 19.8. The number of aryl methyl sites for hydroxylation is 1. The van der Waals surface area contributed by atoms with E-state index in [0.717, 1.165) is 27.7 Å². The van der Waals surface area contributed by atoms with E-state index in [4.69, 9.17) is 9.47 Å². The normalized spacial score (nSPS) is 14.1. The van der Waals surface area contributed by atoms with Crippen molar-refractivity contribution in [2.45, 2.75) is 46.3 Å². The molecule has 34 heavy (non-hydrogen) atoms. The third-order valence-electron chi connectivity index (χ3n) is 5.40. The molecular formula is C25H28N4O5. The van der Waals surface area contributed by atoms with Crippen molar-refractivity contribution in [3.63, 3.8) is 0 Å². The lowest BCUT2D eigenvalue weighted by atomic mass is 10.1. The summed E-state index contributed by atoms with van der Waals surface area (Å²) in [5, 5.41) is 15.3. The molecule has 0 amide bonds. The van der Waals surface area contributed by atoms with E-state index in [9.17, 15) is 14.9 Å². The van der Waals surface area contributed by atoms with Gasteiger partial charge in [0.1, 0.15) is 5.60 Å². The monoisotopic (exact) mass is 464 g/mol. The van der Waals surface area contributed by atoms with E-state index in [2.05, 4.69) is 10.3 Å². The average Bonchev–Trinajstić information content (AvgIpc) is 3.16. The molecule has 1 aliphatic rings. The highest BCUT2D eigenvalue weighted by molar-refractivity contribution is 5.95. The quantitative estimate of drug-likeness (QED) is 0.395. The molecule has 3 aromatic rings. The van der Waals surface area contributed by atoms with Crippen molar-refractivity contribution in [1.82, 2.24) is 9.55 Å². The van der Waals surface area contributed by atoms with Crippen molar-refractivity contribution in [3.8, 4) is 0 Å². The van der Waals surface area contributed by atoms with E-state index in [1.54, 1.807) is 17.6 Å². The lowest BCUT2D eigenvalue weighted by Gasteiger charge is -2.22. The van der Waals surface area contributed by atoms with Gasteiger partial charge in [0.2, 0.25) is 5.82 Å². The number of anilines is 1. The van der Waals surface area contributed by atoms with Crippen molar-refractivity contribution in [2.75, 3.05) is 18.5 Å². The van der Waals surface area contributed by atoms with Crippen LogP contribution < -0.4 is 5.32 Å². The number of carbonyl (C=O) groups is 1. The van der Waals surface area contributed by atoms with Gasteiger partial charge in [0.05, 0.1) is 29.3 Å². The highest BCUT2D eigenvalue weighted by Gasteiger charge is 2.24. The lowest BCUT2D eigenvalue weighted by molar-refractivity contribution is -0.384. The van der Waals surface area contributed by atoms with E-state index in [0.29, 0.717) is 31.9 Å². The van der Waals surface area contributed by atoms with Gasteiger partial charge in [-0.1, -0.05) is 12.1 Å². The largest absolute Gasteiger partial charge is 0.443 e. The van der Waals surface area contributed by atoms with Crippen molar-refractivity contribution in [2.24, 2.45) is 0 Å². The van der Waals surface area contributed by atoms with E-state index in [-0.39, 0.29) is 11.5 Å². The Labute approximate surface area is 197 Å². The molecule has 0 unspecified atom stereocenters. The molecule has 1 N–H and O–H groups in total. The number of hydrogen-bond acceptors (Lipinski definition) is 7. The summed E-state index contributed by atoms with van der Waals surface area (Å²) in [5.41, 5.74) is 3.44. The van der Waals surface area contributed by atoms with Crippen LogP contribution in [0, 0.1) is 17.0 Å². The molecule has 2 aromatic heterocycles. The smallest absolute Gasteiger partial charge is 0.419 e. The molecule has 1 aliphatic heterocycles. The number of pyridine rings is 1. The molecular weight excluding hydrogens is 436 g/mol. The van der Waals surface area contributed by atoms with Crippen molar-refractivity contribution >= 4 is 34.1 Å². The molecule has 1 aromatic carbocycles. The highest BCUT2D eigenvalue weighted by Crippen LogP contribution is 2.31. The fraction of sp³-hybridized carbons (Fsp3) is 0.360. The predicted octanol–water partition coefficient (Wildman–Crippen LogP) is 5.45. The molecule has 9 nitrogen and oxygen atoms in total. The first-order valence-corrected chi connectivity index (χ1v) is 11.1. The third-order valence-corrected chi connectivity index (χ3v) is 5.40. The summed E-state index contributed by atoms with van der Waals surface area (Å²) < 4.78 is 12.7. The van der Waals surface area contributed by atoms with Crippen LogP contribution in [0.15, 0.2) is 42.5 Å². The second kappa shape index (κ2) is 9.26. The van der Waals surface area contributed by atoms with Gasteiger partial charge in [-0.05, 0) is 69.5 Å². The Morgan fingerprint density at radius 1 is 1.26 bits per heavy atom. The summed E-state index contributed by atoms with van der Waals surface area (Å²) in [5.74, 6) is 0.226. The number of nitrogens with one attached hydrogen (secondary N) is 1. The Kier molecular flexibility index (Phi) is 6.39. The zero-order chi connectivity index (χ0) is 24.5. The second-order valence-electron chi connectivity index (χ2n) is 9.22. The molecule has 3 heterocycles. The lowest BCUT2D eigenvalue weighted by Crippen LogP contribution is -2.28. The van der Waals surface area contributed by atoms with Gasteiger partial charge < -0.3 is 14.8 Å². The van der Waals surface area contributed by atoms with Gasteiger partial charge in [-0.25, -0.2) is 14.3 Å². The van der Waals surface area contributed by atoms with Crippen LogP contribution in [0.5, 0.6) is 0 Å². The Morgan fingerprint density at radius 2 is 2.06 bits per heavy atom. The number of ether oxygens (including phenoxy) is 2. The molecule has 4 rings (SSSR count). The number of benzene rings is 1. The van der Waals surface area contributed by atoms with Gasteiger partial charge >= 0.3 is 11.8 Å². The van der Waals surface area contributed by atoms with Crippen molar-refractivity contribution < 1.29 is 19.2 Å². The first kappa shape index (κ1) is 23.4. The SMILES string of the molecule is Cc1ccc([N+](=O)[O-])c(NCc2ccc3c(c2)cc(C2=CCOCC2)n3C(=O)OC(C)(C)C)n1. The fourth-order valence-corrected chi connectivity index (χ4v) is 3.89. The molecule has 0 radical (unpaired) electrons. The molecule has 0 bridgehead atoms. The van der Waals surface area contributed by atoms with Crippen LogP contribution in [0.3, 0.4) is 0 Å². The maximum atomic E-state index is 13.1. The van der Waals surface area contributed by atoms with E-state index >= 15 is 0 Å². The Balaban J connectivity index is 1.69. The maximum absolute atomic E-state index is 13.1. The molecule has 178 valence electrons. The van der Waals surface area contributed by atoms with Gasteiger partial charge in [-0.3, -0.25) is 10.1 Å². The summed E-state index contributed by atoms with van der Waals surface area (Å²) in [4.78, 5) is 28.3. The standard InChI is InChI=1S/C25H28N4O5/c1-16-5-7-21(29(31)32)23(27-16)26-15-17-6-8-20-19(13-17)14-22(18-9-11-33-12-10-18)28(20)24(30)34-25(2,3)4/h5-9,13-14H,10-12,15H2,1-4H3,(H,26,27). The number of nitrogens with zero attached hydrogens (tertiary/aromatic N) is 3. The van der Waals surface area contributed by atoms with Crippen molar-refractivity contribution in [1.29, 1.82) is 0 Å². The predicted molar refractivity (Wildman–Crippen MR) is 130 cm³/mol. The van der Waals surface area contributed by atoms with Crippen LogP contribution in [0.2, 0.25) is 0 Å². The minimum Gasteiger partial charge on any atom is -0.443 e. The fourth-order valence-electron chi connectivity index (χ4n) is 3.89. The number of hydrogen-bond donors (Lipinski definition) is 1. The topological polar surface area (TPSA) is 109 Å². The van der Waals surface area contributed by atoms with Gasteiger partial charge in [0.15, 0.2) is 0 Å². The Morgan fingerprint density at radius 3 is 2.74 bits per heavy atom. The molecule has 0 saturated heterocycles. The minimum atomic E-state index is -0.631. The molecule has 0 atom stereocenters. The van der Waals surface area contributed by atoms with E-state index < -0.39 is 16.6 Å². The highest BCUT2D eigenvalue weighted by atomic mass is 16.6. The second-order valence-corrected chi connectivity index (χ2v) is 9.22. The molecule has 0 spiro atoms. The average molecular weight is 465 g/mol. The van der Waals surface area contributed by atoms with Crippen LogP contribution in [0.25, 0.3) is 16.5 Å². The minimum absolute atomic E-state index is 0.0727. The zero-order valence-corrected chi connectivity index (χ0v) is 19.8. The van der Waals surface area contributed by atoms with Crippen LogP contribution >= 0.6 is 0 Å². The molecule has 0 aliphatic carbocycles. The first-order chi connectivity index (χ1) is 16.1. The van der Waals surface area contributed by atoms with Gasteiger partial charge in [-0.2, -0.15) is 0 Å². The Bertz CT molecular complexity index is 1290. The first-order valence-electron chi connectivity index (χ1n) is 11.1. The third kappa shape index (κ3) is 5.09. The summed E-state index contributed by atoms with van der Waals surface area (Å²) in [6, 6.07) is 10.8. The summed E-state index contributed by atoms with van der Waals surface area (Å²) in [6.07, 6.45) is 2.26. The van der Waals surface area contributed by atoms with Crippen LogP contribution in [-0.4, -0.2) is 39.4 Å². The van der Waals surface area contributed by atoms with Gasteiger partial charge in [-0.15, -0.1) is 0 Å². The van der Waals surface area contributed by atoms with Crippen LogP contribution in [0.4, 0.5) is 16.3 Å². The number of rotatable bonds is 5. The summed E-state index contributed by atoms with van der Waals surface area (Å²) >= 11 is 0. The molecule has 9 heteroatoms. The summed E-state index contributed by atoms with van der Waals surface area (Å²) in [7, 11) is 0. The number of nitro groups is 1. The number of aromatic nitrogens is 2. The number of carbonyl (C=O) groups excluding carboxylic acids is 1. The Hall–Kier alpha value is -3.72. The van der Waals surface area contributed by atoms with Crippen LogP contribution in [-0.2, 0) is 16.0 Å². The molecule has 0 saturated carbocycles. The van der Waals surface area contributed by atoms with Gasteiger partial charge in [0.25, 0.3) is 0 Å². The van der Waals surface area contributed by atoms with Crippen molar-refractivity contribution in [3.05, 3.63) is 69.5 Å².